The van der Waals surface area contributed by atoms with Gasteiger partial charge in [-0.15, -0.1) is 11.3 Å². The number of carbonyl (C=O) groups excluding carboxylic acids is 1. The number of thiazole rings is 1. The molecule has 136 valence electrons. The number of cyclic esters (lactones) is 1. The lowest BCUT2D eigenvalue weighted by Crippen LogP contribution is -2.18. The summed E-state index contributed by atoms with van der Waals surface area (Å²) >= 11 is 1.65. The summed E-state index contributed by atoms with van der Waals surface area (Å²) in [6.07, 6.45) is 0.717. The number of ether oxygens (including phenoxy) is 2. The van der Waals surface area contributed by atoms with Crippen LogP contribution in [-0.4, -0.2) is 29.8 Å². The van der Waals surface area contributed by atoms with Crippen molar-refractivity contribution >= 4 is 27.5 Å². The number of methoxy groups -OCH3 is 1. The van der Waals surface area contributed by atoms with Gasteiger partial charge >= 0.3 is 5.97 Å². The molecule has 27 heavy (non-hydrogen) atoms. The first kappa shape index (κ1) is 16.3. The summed E-state index contributed by atoms with van der Waals surface area (Å²) in [4.78, 5) is 17.2. The van der Waals surface area contributed by atoms with Crippen molar-refractivity contribution in [1.29, 1.82) is 0 Å². The number of aryl methyl sites for hydroxylation is 1. The maximum absolute atomic E-state index is 12.6. The van der Waals surface area contributed by atoms with Gasteiger partial charge in [-0.05, 0) is 53.8 Å². The van der Waals surface area contributed by atoms with Gasteiger partial charge in [-0.2, -0.15) is 0 Å². The Morgan fingerprint density at radius 3 is 2.96 bits per heavy atom. The van der Waals surface area contributed by atoms with Crippen molar-refractivity contribution in [3.8, 4) is 11.5 Å². The topological polar surface area (TPSA) is 68.7 Å². The molecule has 1 N–H and O–H groups in total. The van der Waals surface area contributed by atoms with E-state index in [0.717, 1.165) is 38.3 Å². The van der Waals surface area contributed by atoms with Crippen LogP contribution in [0.4, 0.5) is 0 Å². The number of nitrogens with zero attached hydrogens (tertiary/aromatic N) is 1. The predicted octanol–water partition coefficient (Wildman–Crippen LogP) is 3.86. The molecule has 1 aliphatic carbocycles. The molecule has 2 heterocycles. The molecule has 1 atom stereocenters. The van der Waals surface area contributed by atoms with Crippen LogP contribution >= 0.6 is 11.3 Å². The van der Waals surface area contributed by atoms with Gasteiger partial charge < -0.3 is 14.6 Å². The van der Waals surface area contributed by atoms with Crippen LogP contribution in [0.25, 0.3) is 10.2 Å². The van der Waals surface area contributed by atoms with Crippen LogP contribution in [0, 0.1) is 6.92 Å². The van der Waals surface area contributed by atoms with Crippen molar-refractivity contribution in [2.45, 2.75) is 19.3 Å². The molecule has 0 spiro atoms. The number of phenolic OH excluding ortho intramolecular Hbond substituents is 1. The molecular weight excluding hydrogens is 362 g/mol. The van der Waals surface area contributed by atoms with Gasteiger partial charge in [0, 0.05) is 5.92 Å². The molecule has 5 nitrogen and oxygen atoms in total. The van der Waals surface area contributed by atoms with Crippen molar-refractivity contribution in [2.24, 2.45) is 0 Å². The standard InChI is InChI=1S/C21H17NO4S/c1-10-22-14-5-3-11-7-13-9-26-21(24)19(13)17(18(11)20(14)27-10)12-4-6-15(23)16(8-12)25-2/h3-6,8,17,23H,7,9H2,1-2H3. The minimum atomic E-state index is -0.258. The quantitative estimate of drug-likeness (QED) is 0.685. The Balaban J connectivity index is 1.82. The van der Waals surface area contributed by atoms with E-state index in [1.165, 1.54) is 12.7 Å². The van der Waals surface area contributed by atoms with E-state index >= 15 is 0 Å². The normalized spacial score (nSPS) is 18.4. The lowest BCUT2D eigenvalue weighted by atomic mass is 9.75. The van der Waals surface area contributed by atoms with E-state index in [2.05, 4.69) is 17.1 Å². The molecule has 1 unspecified atom stereocenters. The van der Waals surface area contributed by atoms with Crippen molar-refractivity contribution in [3.63, 3.8) is 0 Å². The molecule has 5 rings (SSSR count). The van der Waals surface area contributed by atoms with Crippen LogP contribution in [0.3, 0.4) is 0 Å². The number of rotatable bonds is 2. The van der Waals surface area contributed by atoms with Gasteiger partial charge in [0.25, 0.3) is 0 Å². The van der Waals surface area contributed by atoms with Gasteiger partial charge in [-0.1, -0.05) is 12.1 Å². The Bertz CT molecular complexity index is 1140. The molecule has 1 aliphatic heterocycles. The van der Waals surface area contributed by atoms with Crippen molar-refractivity contribution in [2.75, 3.05) is 13.7 Å². The molecule has 0 radical (unpaired) electrons. The Morgan fingerprint density at radius 2 is 2.15 bits per heavy atom. The molecule has 0 fully saturated rings. The lowest BCUT2D eigenvalue weighted by Gasteiger charge is -2.27. The van der Waals surface area contributed by atoms with Crippen LogP contribution < -0.4 is 4.74 Å². The summed E-state index contributed by atoms with van der Waals surface area (Å²) in [7, 11) is 1.52. The van der Waals surface area contributed by atoms with Crippen LogP contribution in [0.5, 0.6) is 11.5 Å². The fourth-order valence-electron chi connectivity index (χ4n) is 4.14. The molecule has 0 saturated carbocycles. The Morgan fingerprint density at radius 1 is 1.30 bits per heavy atom. The molecule has 6 heteroatoms. The zero-order valence-electron chi connectivity index (χ0n) is 14.9. The summed E-state index contributed by atoms with van der Waals surface area (Å²) in [5, 5.41) is 11.0. The average molecular weight is 379 g/mol. The Hall–Kier alpha value is -2.86. The summed E-state index contributed by atoms with van der Waals surface area (Å²) in [6, 6.07) is 9.42. The number of esters is 1. The van der Waals surface area contributed by atoms with E-state index in [9.17, 15) is 9.90 Å². The van der Waals surface area contributed by atoms with Crippen molar-refractivity contribution in [3.05, 3.63) is 63.2 Å². The minimum Gasteiger partial charge on any atom is -0.504 e. The second-order valence-electron chi connectivity index (χ2n) is 6.85. The van der Waals surface area contributed by atoms with Gasteiger partial charge in [0.1, 0.15) is 6.61 Å². The molecular formula is C21H17NO4S. The third-order valence-electron chi connectivity index (χ3n) is 5.29. The van der Waals surface area contributed by atoms with E-state index in [4.69, 9.17) is 9.47 Å². The number of aromatic nitrogens is 1. The molecule has 1 aromatic heterocycles. The number of aromatic hydroxyl groups is 1. The molecule has 0 amide bonds. The number of hydrogen-bond donors (Lipinski definition) is 1. The van der Waals surface area contributed by atoms with E-state index in [0.29, 0.717) is 17.9 Å². The van der Waals surface area contributed by atoms with Gasteiger partial charge in [-0.3, -0.25) is 0 Å². The molecule has 2 aromatic carbocycles. The van der Waals surface area contributed by atoms with E-state index < -0.39 is 0 Å². The fraction of sp³-hybridized carbons (Fsp3) is 0.238. The average Bonchev–Trinajstić information content (AvgIpc) is 3.22. The SMILES string of the molecule is COc1cc(C2C3=C(COC3=O)Cc3ccc4nc(C)sc4c32)ccc1O. The van der Waals surface area contributed by atoms with E-state index in [-0.39, 0.29) is 17.6 Å². The number of hydrogen-bond acceptors (Lipinski definition) is 6. The Labute approximate surface area is 159 Å². The first-order chi connectivity index (χ1) is 13.1. The fourth-order valence-corrected chi connectivity index (χ4v) is 5.15. The third kappa shape index (κ3) is 2.36. The van der Waals surface area contributed by atoms with Gasteiger partial charge in [0.15, 0.2) is 11.5 Å². The highest BCUT2D eigenvalue weighted by Gasteiger charge is 2.39. The molecule has 3 aromatic rings. The van der Waals surface area contributed by atoms with Gasteiger partial charge in [0.2, 0.25) is 0 Å². The maximum Gasteiger partial charge on any atom is 0.335 e. The van der Waals surface area contributed by atoms with Crippen LogP contribution in [0.15, 0.2) is 41.5 Å². The Kier molecular flexibility index (Phi) is 3.52. The molecule has 0 bridgehead atoms. The molecule has 0 saturated heterocycles. The number of phenols is 1. The number of benzene rings is 2. The second kappa shape index (κ2) is 5.82. The summed E-state index contributed by atoms with van der Waals surface area (Å²) in [5.41, 5.74) is 5.90. The summed E-state index contributed by atoms with van der Waals surface area (Å²) < 4.78 is 11.8. The zero-order chi connectivity index (χ0) is 18.7. The predicted molar refractivity (Wildman–Crippen MR) is 103 cm³/mol. The highest BCUT2D eigenvalue weighted by molar-refractivity contribution is 7.18. The smallest absolute Gasteiger partial charge is 0.335 e. The van der Waals surface area contributed by atoms with Gasteiger partial charge in [0.05, 0.1) is 27.9 Å². The monoisotopic (exact) mass is 379 g/mol. The maximum atomic E-state index is 12.6. The lowest BCUT2D eigenvalue weighted by molar-refractivity contribution is -0.136. The highest BCUT2D eigenvalue weighted by atomic mass is 32.1. The molecule has 2 aliphatic rings. The first-order valence-corrected chi connectivity index (χ1v) is 9.53. The number of fused-ring (bicyclic) bond motifs is 3. The van der Waals surface area contributed by atoms with E-state index in [1.54, 1.807) is 23.5 Å². The van der Waals surface area contributed by atoms with Crippen molar-refractivity contribution in [1.82, 2.24) is 4.98 Å². The third-order valence-corrected chi connectivity index (χ3v) is 6.31. The largest absolute Gasteiger partial charge is 0.504 e. The summed E-state index contributed by atoms with van der Waals surface area (Å²) in [5.74, 6) is -0.0455. The highest BCUT2D eigenvalue weighted by Crippen LogP contribution is 2.48. The first-order valence-electron chi connectivity index (χ1n) is 8.71. The van der Waals surface area contributed by atoms with Crippen LogP contribution in [0.2, 0.25) is 0 Å². The minimum absolute atomic E-state index is 0.0762. The number of carbonyl (C=O) groups is 1. The summed E-state index contributed by atoms with van der Waals surface area (Å²) in [6.45, 7) is 2.34. The van der Waals surface area contributed by atoms with Gasteiger partial charge in [-0.25, -0.2) is 9.78 Å². The zero-order valence-corrected chi connectivity index (χ0v) is 15.7. The van der Waals surface area contributed by atoms with Crippen LogP contribution in [-0.2, 0) is 16.0 Å². The van der Waals surface area contributed by atoms with E-state index in [1.807, 2.05) is 13.0 Å². The van der Waals surface area contributed by atoms with Crippen LogP contribution in [0.1, 0.15) is 27.6 Å². The second-order valence-corrected chi connectivity index (χ2v) is 8.06. The van der Waals surface area contributed by atoms with Crippen molar-refractivity contribution < 1.29 is 19.4 Å².